The molecule has 1 unspecified atom stereocenters. The molecule has 1 atom stereocenters. The lowest BCUT2D eigenvalue weighted by molar-refractivity contribution is -0.165. The van der Waals surface area contributed by atoms with Gasteiger partial charge in [0.2, 0.25) is 0 Å². The van der Waals surface area contributed by atoms with E-state index in [0.29, 0.717) is 0 Å². The molecule has 2 N–H and O–H groups in total. The molecule has 0 aliphatic heterocycles. The smallest absolute Gasteiger partial charge is 0.330 e. The van der Waals surface area contributed by atoms with Crippen molar-refractivity contribution in [3.63, 3.8) is 0 Å². The molecule has 0 rings (SSSR count). The molecule has 0 bridgehead atoms. The Morgan fingerprint density at radius 2 is 1.75 bits per heavy atom. The molecule has 0 amide bonds. The summed E-state index contributed by atoms with van der Waals surface area (Å²) < 4.78 is 66.6. The number of rotatable bonds is 3. The summed E-state index contributed by atoms with van der Waals surface area (Å²) in [6.45, 7) is -0.938. The van der Waals surface area contributed by atoms with Crippen LogP contribution in [-0.4, -0.2) is 26.9 Å². The highest BCUT2D eigenvalue weighted by Crippen LogP contribution is 2.26. The van der Waals surface area contributed by atoms with Gasteiger partial charge in [0.1, 0.15) is 0 Å². The Morgan fingerprint density at radius 1 is 1.33 bits per heavy atom. The van der Waals surface area contributed by atoms with E-state index < -0.39 is 34.6 Å². The number of hydrogen-bond acceptors (Lipinski definition) is 3. The lowest BCUT2D eigenvalue weighted by Crippen LogP contribution is -2.35. The van der Waals surface area contributed by atoms with E-state index in [4.69, 9.17) is 0 Å². The van der Waals surface area contributed by atoms with E-state index in [9.17, 15) is 25.5 Å². The van der Waals surface area contributed by atoms with Crippen LogP contribution in [0.15, 0.2) is 0 Å². The number of alkyl halides is 3. The van der Waals surface area contributed by atoms with Crippen LogP contribution in [0.3, 0.4) is 0 Å². The Hall–Kier alpha value is -0.370. The third-order valence-electron chi connectivity index (χ3n) is 1.15. The molecule has 0 aromatic rings. The Labute approximate surface area is 66.8 Å². The highest BCUT2D eigenvalue weighted by atomic mass is 32.3. The molecule has 0 heterocycles. The monoisotopic (exact) mass is 209 g/mol. The van der Waals surface area contributed by atoms with E-state index >= 15 is 0 Å². The van der Waals surface area contributed by atoms with Crippen LogP contribution in [0.2, 0.25) is 0 Å². The summed E-state index contributed by atoms with van der Waals surface area (Å²) in [5.74, 6) is -3.93. The molecule has 0 aliphatic rings. The largest absolute Gasteiger partial charge is 0.394 e. The maximum absolute atomic E-state index is 11.8. The van der Waals surface area contributed by atoms with Crippen molar-refractivity contribution in [2.75, 3.05) is 12.3 Å². The molecule has 0 saturated heterocycles. The Kier molecular flexibility index (Phi) is 3.45. The second-order valence-electron chi connectivity index (χ2n) is 2.18. The van der Waals surface area contributed by atoms with Crippen LogP contribution in [-0.2, 0) is 10.2 Å². The quantitative estimate of drug-likeness (QED) is 0.541. The zero-order valence-corrected chi connectivity index (χ0v) is 6.62. The van der Waals surface area contributed by atoms with Gasteiger partial charge in [0.25, 0.3) is 0 Å². The second-order valence-corrected chi connectivity index (χ2v) is 3.59. The normalized spacial score (nSPS) is 16.1. The number of hydrogen-bond donors (Lipinski definition) is 1. The minimum atomic E-state index is -5.12. The SMILES string of the molecule is NCC(CS(=O)(=O)F)C(F)(F)F. The Balaban J connectivity index is 4.41. The fourth-order valence-electron chi connectivity index (χ4n) is 0.536. The summed E-state index contributed by atoms with van der Waals surface area (Å²) in [7, 11) is -5.12. The second kappa shape index (κ2) is 3.56. The lowest BCUT2D eigenvalue weighted by atomic mass is 10.2. The standard InChI is InChI=1S/C4H7F4NO2S/c5-4(6,7)3(1-9)2-12(8,10)11/h3H,1-2,9H2. The van der Waals surface area contributed by atoms with E-state index in [-0.39, 0.29) is 0 Å². The van der Waals surface area contributed by atoms with Crippen molar-refractivity contribution in [2.24, 2.45) is 11.7 Å². The maximum atomic E-state index is 11.8. The summed E-state index contributed by atoms with van der Waals surface area (Å²) in [6.07, 6.45) is -4.77. The third kappa shape index (κ3) is 4.50. The Morgan fingerprint density at radius 3 is 1.83 bits per heavy atom. The Bertz CT molecular complexity index is 234. The molecule has 12 heavy (non-hydrogen) atoms. The average molecular weight is 209 g/mol. The van der Waals surface area contributed by atoms with Crippen molar-refractivity contribution < 1.29 is 25.5 Å². The molecule has 0 aliphatic carbocycles. The summed E-state index contributed by atoms with van der Waals surface area (Å²) in [5.41, 5.74) is 4.61. The van der Waals surface area contributed by atoms with Gasteiger partial charge in [-0.2, -0.15) is 21.6 Å². The van der Waals surface area contributed by atoms with Crippen LogP contribution in [0.25, 0.3) is 0 Å². The molecule has 0 saturated carbocycles. The number of nitrogens with two attached hydrogens (primary N) is 1. The molecule has 0 aromatic carbocycles. The molecule has 0 spiro atoms. The van der Waals surface area contributed by atoms with Gasteiger partial charge in [0, 0.05) is 6.54 Å². The van der Waals surface area contributed by atoms with Crippen molar-refractivity contribution in [3.05, 3.63) is 0 Å². The maximum Gasteiger partial charge on any atom is 0.394 e. The minimum Gasteiger partial charge on any atom is -0.330 e. The van der Waals surface area contributed by atoms with Gasteiger partial charge in [0.05, 0.1) is 11.7 Å². The van der Waals surface area contributed by atoms with E-state index in [1.54, 1.807) is 0 Å². The zero-order valence-electron chi connectivity index (χ0n) is 5.81. The van der Waals surface area contributed by atoms with Gasteiger partial charge in [-0.25, -0.2) is 0 Å². The molecule has 8 heteroatoms. The van der Waals surface area contributed by atoms with Crippen molar-refractivity contribution >= 4 is 10.2 Å². The van der Waals surface area contributed by atoms with Crippen LogP contribution in [0.5, 0.6) is 0 Å². The summed E-state index contributed by atoms with van der Waals surface area (Å²) in [6, 6.07) is 0. The predicted octanol–water partition coefficient (Wildman–Crippen LogP) is 0.423. The van der Waals surface area contributed by atoms with Gasteiger partial charge in [-0.1, -0.05) is 0 Å². The van der Waals surface area contributed by atoms with Crippen LogP contribution in [0.1, 0.15) is 0 Å². The van der Waals surface area contributed by atoms with Crippen LogP contribution >= 0.6 is 0 Å². The van der Waals surface area contributed by atoms with E-state index in [1.807, 2.05) is 0 Å². The fourth-order valence-corrected chi connectivity index (χ4v) is 1.34. The van der Waals surface area contributed by atoms with Crippen LogP contribution in [0.4, 0.5) is 17.1 Å². The molecule has 0 aromatic heterocycles. The summed E-state index contributed by atoms with van der Waals surface area (Å²) in [4.78, 5) is 0. The summed E-state index contributed by atoms with van der Waals surface area (Å²) in [5, 5.41) is 0. The van der Waals surface area contributed by atoms with Gasteiger partial charge in [-0.15, -0.1) is 3.89 Å². The van der Waals surface area contributed by atoms with E-state index in [1.165, 1.54) is 0 Å². The predicted molar refractivity (Wildman–Crippen MR) is 33.5 cm³/mol. The molecular formula is C4H7F4NO2S. The number of halogens is 4. The molecule has 0 radical (unpaired) electrons. The molecule has 74 valence electrons. The molecular weight excluding hydrogens is 202 g/mol. The van der Waals surface area contributed by atoms with Crippen LogP contribution in [0, 0.1) is 5.92 Å². The van der Waals surface area contributed by atoms with Crippen molar-refractivity contribution in [3.8, 4) is 0 Å². The first kappa shape index (κ1) is 11.6. The van der Waals surface area contributed by atoms with Gasteiger partial charge < -0.3 is 5.73 Å². The first-order chi connectivity index (χ1) is 5.17. The van der Waals surface area contributed by atoms with Gasteiger partial charge in [-0.05, 0) is 0 Å². The summed E-state index contributed by atoms with van der Waals surface area (Å²) >= 11 is 0. The fraction of sp³-hybridized carbons (Fsp3) is 1.00. The van der Waals surface area contributed by atoms with Crippen molar-refractivity contribution in [2.45, 2.75) is 6.18 Å². The first-order valence-electron chi connectivity index (χ1n) is 2.86. The van der Waals surface area contributed by atoms with Gasteiger partial charge >= 0.3 is 16.4 Å². The third-order valence-corrected chi connectivity index (χ3v) is 1.95. The van der Waals surface area contributed by atoms with Crippen LogP contribution < -0.4 is 5.73 Å². The lowest BCUT2D eigenvalue weighted by Gasteiger charge is -2.15. The van der Waals surface area contributed by atoms with Gasteiger partial charge in [0.15, 0.2) is 0 Å². The van der Waals surface area contributed by atoms with E-state index in [2.05, 4.69) is 5.73 Å². The highest BCUT2D eigenvalue weighted by Gasteiger charge is 2.41. The first-order valence-corrected chi connectivity index (χ1v) is 4.41. The van der Waals surface area contributed by atoms with Gasteiger partial charge in [-0.3, -0.25) is 0 Å². The molecule has 0 fully saturated rings. The van der Waals surface area contributed by atoms with Crippen molar-refractivity contribution in [1.82, 2.24) is 0 Å². The van der Waals surface area contributed by atoms with E-state index in [0.717, 1.165) is 0 Å². The topological polar surface area (TPSA) is 60.2 Å². The minimum absolute atomic E-state index is 0.938. The average Bonchev–Trinajstić information content (AvgIpc) is 1.78. The zero-order chi connectivity index (χ0) is 9.99. The molecule has 3 nitrogen and oxygen atoms in total. The highest BCUT2D eigenvalue weighted by molar-refractivity contribution is 7.86. The van der Waals surface area contributed by atoms with Crippen molar-refractivity contribution in [1.29, 1.82) is 0 Å².